The average molecular weight is 300 g/mol. The maximum Gasteiger partial charge on any atom is 0.261 e. The van der Waals surface area contributed by atoms with Crippen molar-refractivity contribution < 1.29 is 9.90 Å². The van der Waals surface area contributed by atoms with Crippen molar-refractivity contribution in [3.63, 3.8) is 0 Å². The van der Waals surface area contributed by atoms with Crippen molar-refractivity contribution in [2.75, 3.05) is 11.9 Å². The van der Waals surface area contributed by atoms with Gasteiger partial charge in [0.2, 0.25) is 0 Å². The van der Waals surface area contributed by atoms with E-state index in [0.717, 1.165) is 11.1 Å². The summed E-state index contributed by atoms with van der Waals surface area (Å²) in [4.78, 5) is 14.2. The lowest BCUT2D eigenvalue weighted by atomic mass is 10.1. The molecule has 0 fully saturated rings. The first-order chi connectivity index (χ1) is 9.90. The minimum atomic E-state index is -0.282. The number of rotatable bonds is 3. The fourth-order valence-corrected chi connectivity index (χ4v) is 2.11. The van der Waals surface area contributed by atoms with Crippen LogP contribution in [0.2, 0.25) is 0 Å². The van der Waals surface area contributed by atoms with E-state index < -0.39 is 0 Å². The zero-order valence-electron chi connectivity index (χ0n) is 11.8. The number of hydrogen-bond acceptors (Lipinski definition) is 3. The number of aromatic hydroxyl groups is 1. The first-order valence-corrected chi connectivity index (χ1v) is 6.78. The molecule has 1 amide bonds. The Morgan fingerprint density at radius 3 is 2.33 bits per heavy atom. The summed E-state index contributed by atoms with van der Waals surface area (Å²) in [6.07, 6.45) is 0. The normalized spacial score (nSPS) is 10.2. The largest absolute Gasteiger partial charge is 0.507 e. The Kier molecular flexibility index (Phi) is 4.23. The SMILES string of the molecule is Cc1ccc(C(=O)N(C)c2ccc(C(N)=S)cc2)c(O)c1. The Balaban J connectivity index is 2.28. The van der Waals surface area contributed by atoms with Crippen molar-refractivity contribution in [1.29, 1.82) is 0 Å². The van der Waals surface area contributed by atoms with Gasteiger partial charge >= 0.3 is 0 Å². The number of aryl methyl sites for hydroxylation is 1. The number of thiocarbonyl (C=S) groups is 1. The van der Waals surface area contributed by atoms with Gasteiger partial charge in [-0.3, -0.25) is 4.79 Å². The highest BCUT2D eigenvalue weighted by Gasteiger charge is 2.17. The van der Waals surface area contributed by atoms with Crippen LogP contribution in [0.1, 0.15) is 21.5 Å². The van der Waals surface area contributed by atoms with Gasteiger partial charge in [0.25, 0.3) is 5.91 Å². The van der Waals surface area contributed by atoms with E-state index in [1.165, 1.54) is 4.90 Å². The topological polar surface area (TPSA) is 66.6 Å². The molecule has 4 nitrogen and oxygen atoms in total. The molecule has 2 aromatic carbocycles. The van der Waals surface area contributed by atoms with E-state index in [1.54, 1.807) is 49.5 Å². The maximum atomic E-state index is 12.4. The molecule has 0 unspecified atom stereocenters. The molecule has 2 rings (SSSR count). The summed E-state index contributed by atoms with van der Waals surface area (Å²) in [7, 11) is 1.65. The summed E-state index contributed by atoms with van der Waals surface area (Å²) in [5, 5.41) is 9.89. The van der Waals surface area contributed by atoms with Gasteiger partial charge in [0, 0.05) is 18.3 Å². The van der Waals surface area contributed by atoms with E-state index >= 15 is 0 Å². The zero-order chi connectivity index (χ0) is 15.6. The highest BCUT2D eigenvalue weighted by atomic mass is 32.1. The number of anilines is 1. The highest BCUT2D eigenvalue weighted by Crippen LogP contribution is 2.23. The van der Waals surface area contributed by atoms with Crippen molar-refractivity contribution in [3.8, 4) is 5.75 Å². The molecule has 0 aliphatic rings. The second kappa shape index (κ2) is 5.93. The molecule has 0 atom stereocenters. The number of nitrogens with zero attached hydrogens (tertiary/aromatic N) is 1. The predicted octanol–water partition coefficient (Wildman–Crippen LogP) is 2.61. The number of phenolic OH excluding ortho intramolecular Hbond substituents is 1. The Morgan fingerprint density at radius 2 is 1.81 bits per heavy atom. The van der Waals surface area contributed by atoms with E-state index in [-0.39, 0.29) is 17.2 Å². The molecule has 0 radical (unpaired) electrons. The van der Waals surface area contributed by atoms with E-state index in [2.05, 4.69) is 0 Å². The summed E-state index contributed by atoms with van der Waals surface area (Å²) < 4.78 is 0. The fraction of sp³-hybridized carbons (Fsp3) is 0.125. The minimum absolute atomic E-state index is 0.0217. The van der Waals surface area contributed by atoms with Gasteiger partial charge in [-0.15, -0.1) is 0 Å². The molecule has 108 valence electrons. The van der Waals surface area contributed by atoms with Crippen LogP contribution in [0, 0.1) is 6.92 Å². The molecule has 0 aromatic heterocycles. The molecule has 3 N–H and O–H groups in total. The monoisotopic (exact) mass is 300 g/mol. The van der Waals surface area contributed by atoms with Crippen LogP contribution in [0.25, 0.3) is 0 Å². The zero-order valence-corrected chi connectivity index (χ0v) is 12.6. The van der Waals surface area contributed by atoms with Crippen LogP contribution in [-0.2, 0) is 0 Å². The number of carbonyl (C=O) groups excluding carboxylic acids is 1. The molecule has 0 spiro atoms. The van der Waals surface area contributed by atoms with Crippen LogP contribution < -0.4 is 10.6 Å². The Morgan fingerprint density at radius 1 is 1.19 bits per heavy atom. The third-order valence-electron chi connectivity index (χ3n) is 3.23. The van der Waals surface area contributed by atoms with E-state index in [9.17, 15) is 9.90 Å². The predicted molar refractivity (Wildman–Crippen MR) is 87.9 cm³/mol. The standard InChI is InChI=1S/C16H16N2O2S/c1-10-3-8-13(14(19)9-10)16(20)18(2)12-6-4-11(5-7-12)15(17)21/h3-9,19H,1-2H3,(H2,17,21). The molecule has 2 aromatic rings. The van der Waals surface area contributed by atoms with Crippen LogP contribution >= 0.6 is 12.2 Å². The Hall–Kier alpha value is -2.40. The Bertz CT molecular complexity index is 696. The van der Waals surface area contributed by atoms with Crippen LogP contribution in [-0.4, -0.2) is 23.0 Å². The molecule has 0 saturated heterocycles. The second-order valence-corrected chi connectivity index (χ2v) is 5.24. The number of amides is 1. The number of hydrogen-bond donors (Lipinski definition) is 2. The van der Waals surface area contributed by atoms with Gasteiger partial charge < -0.3 is 15.7 Å². The van der Waals surface area contributed by atoms with Gasteiger partial charge in [-0.1, -0.05) is 18.3 Å². The fourth-order valence-electron chi connectivity index (χ4n) is 1.97. The van der Waals surface area contributed by atoms with Gasteiger partial charge in [0.1, 0.15) is 10.7 Å². The highest BCUT2D eigenvalue weighted by molar-refractivity contribution is 7.80. The summed E-state index contributed by atoms with van der Waals surface area (Å²) in [5.41, 5.74) is 8.14. The van der Waals surface area contributed by atoms with Crippen LogP contribution in [0.5, 0.6) is 5.75 Å². The van der Waals surface area contributed by atoms with Crippen molar-refractivity contribution in [3.05, 3.63) is 59.2 Å². The van der Waals surface area contributed by atoms with Crippen molar-refractivity contribution in [1.82, 2.24) is 0 Å². The van der Waals surface area contributed by atoms with Gasteiger partial charge in [0.15, 0.2) is 0 Å². The quantitative estimate of drug-likeness (QED) is 0.855. The third-order valence-corrected chi connectivity index (χ3v) is 3.46. The van der Waals surface area contributed by atoms with Crippen molar-refractivity contribution >= 4 is 28.8 Å². The lowest BCUT2D eigenvalue weighted by Gasteiger charge is -2.18. The smallest absolute Gasteiger partial charge is 0.261 e. The van der Waals surface area contributed by atoms with E-state index in [4.69, 9.17) is 18.0 Å². The van der Waals surface area contributed by atoms with Crippen LogP contribution in [0.15, 0.2) is 42.5 Å². The van der Waals surface area contributed by atoms with Crippen molar-refractivity contribution in [2.45, 2.75) is 6.92 Å². The molecule has 21 heavy (non-hydrogen) atoms. The Labute approximate surface area is 128 Å². The molecule has 0 aliphatic heterocycles. The average Bonchev–Trinajstić information content (AvgIpc) is 2.46. The first-order valence-electron chi connectivity index (χ1n) is 6.37. The molecule has 5 heteroatoms. The lowest BCUT2D eigenvalue weighted by molar-refractivity contribution is 0.0990. The van der Waals surface area contributed by atoms with Gasteiger partial charge in [0.05, 0.1) is 5.56 Å². The first kappa shape index (κ1) is 15.0. The van der Waals surface area contributed by atoms with Crippen molar-refractivity contribution in [2.24, 2.45) is 5.73 Å². The maximum absolute atomic E-state index is 12.4. The molecule has 0 aliphatic carbocycles. The number of nitrogens with two attached hydrogens (primary N) is 1. The number of benzene rings is 2. The molecular weight excluding hydrogens is 284 g/mol. The third kappa shape index (κ3) is 3.20. The van der Waals surface area contributed by atoms with Gasteiger partial charge in [-0.25, -0.2) is 0 Å². The summed E-state index contributed by atoms with van der Waals surface area (Å²) >= 11 is 4.89. The van der Waals surface area contributed by atoms with Crippen LogP contribution in [0.4, 0.5) is 5.69 Å². The van der Waals surface area contributed by atoms with Gasteiger partial charge in [-0.05, 0) is 48.9 Å². The van der Waals surface area contributed by atoms with Crippen LogP contribution in [0.3, 0.4) is 0 Å². The van der Waals surface area contributed by atoms with E-state index in [0.29, 0.717) is 10.7 Å². The summed E-state index contributed by atoms with van der Waals surface area (Å²) in [6.45, 7) is 1.85. The number of carbonyl (C=O) groups is 1. The molecular formula is C16H16N2O2S. The minimum Gasteiger partial charge on any atom is -0.507 e. The number of phenols is 1. The van der Waals surface area contributed by atoms with E-state index in [1.807, 2.05) is 6.92 Å². The second-order valence-electron chi connectivity index (χ2n) is 4.80. The molecule has 0 heterocycles. The summed E-state index contributed by atoms with van der Waals surface area (Å²) in [5.74, 6) is -0.304. The molecule has 0 saturated carbocycles. The summed E-state index contributed by atoms with van der Waals surface area (Å²) in [6, 6.07) is 12.0. The molecule has 0 bridgehead atoms. The van der Waals surface area contributed by atoms with Gasteiger partial charge in [-0.2, -0.15) is 0 Å². The lowest BCUT2D eigenvalue weighted by Crippen LogP contribution is -2.26.